The predicted molar refractivity (Wildman–Crippen MR) is 75.8 cm³/mol. The molecule has 0 aromatic carbocycles. The first-order valence-corrected chi connectivity index (χ1v) is 7.59. The Morgan fingerprint density at radius 2 is 2.10 bits per heavy atom. The monoisotopic (exact) mass is 271 g/mol. The Labute approximate surface area is 119 Å². The van der Waals surface area contributed by atoms with Crippen LogP contribution in [0.4, 0.5) is 0 Å². The molecule has 0 bridgehead atoms. The topological polar surface area (TPSA) is 53.8 Å². The van der Waals surface area contributed by atoms with Gasteiger partial charge in [-0.3, -0.25) is 4.79 Å². The summed E-state index contributed by atoms with van der Waals surface area (Å²) in [7, 11) is 0. The zero-order chi connectivity index (χ0) is 14.1. The van der Waals surface area contributed by atoms with E-state index >= 15 is 0 Å². The zero-order valence-corrected chi connectivity index (χ0v) is 12.4. The summed E-state index contributed by atoms with van der Waals surface area (Å²) in [5.74, 6) is 1.81. The van der Waals surface area contributed by atoms with Crippen molar-refractivity contribution in [1.29, 1.82) is 0 Å². The summed E-state index contributed by atoms with van der Waals surface area (Å²) in [4.78, 5) is 12.8. The quantitative estimate of drug-likeness (QED) is 0.734. The fraction of sp³-hybridized carbons (Fsp3) is 0.688. The van der Waals surface area contributed by atoms with E-state index in [1.807, 2.05) is 0 Å². The molecule has 0 radical (unpaired) electrons. The molecule has 2 atom stereocenters. The van der Waals surface area contributed by atoms with E-state index in [1.54, 1.807) is 0 Å². The summed E-state index contributed by atoms with van der Waals surface area (Å²) in [6.45, 7) is 7.29. The molecule has 0 aromatic heterocycles. The zero-order valence-electron chi connectivity index (χ0n) is 12.4. The standard InChI is InChI=1S/C16H21N3O/c1-9-4-5-16(9)10-8-17-19-14(10)18-11-6-15(2,3)7-12(20)13(11)16/h9,18H,4-8H2,1-3H3. The predicted octanol–water partition coefficient (Wildman–Crippen LogP) is 3.33. The van der Waals surface area contributed by atoms with Crippen LogP contribution >= 0.6 is 0 Å². The highest BCUT2D eigenvalue weighted by molar-refractivity contribution is 6.00. The summed E-state index contributed by atoms with van der Waals surface area (Å²) in [5.41, 5.74) is 3.46. The molecule has 106 valence electrons. The number of hydrogen-bond acceptors (Lipinski definition) is 4. The molecule has 4 rings (SSSR count). The number of ketones is 1. The Hall–Kier alpha value is -1.45. The van der Waals surface area contributed by atoms with E-state index < -0.39 is 0 Å². The maximum absolute atomic E-state index is 12.8. The lowest BCUT2D eigenvalue weighted by atomic mass is 9.50. The van der Waals surface area contributed by atoms with Crippen LogP contribution in [0.3, 0.4) is 0 Å². The van der Waals surface area contributed by atoms with Gasteiger partial charge in [-0.2, -0.15) is 5.11 Å². The molecule has 0 saturated heterocycles. The smallest absolute Gasteiger partial charge is 0.162 e. The number of carbonyl (C=O) groups is 1. The number of rotatable bonds is 0. The van der Waals surface area contributed by atoms with Gasteiger partial charge in [-0.05, 0) is 30.6 Å². The molecular weight excluding hydrogens is 250 g/mol. The van der Waals surface area contributed by atoms with E-state index in [9.17, 15) is 4.79 Å². The van der Waals surface area contributed by atoms with Crippen molar-refractivity contribution in [2.24, 2.45) is 27.0 Å². The first kappa shape index (κ1) is 12.3. The van der Waals surface area contributed by atoms with E-state index in [4.69, 9.17) is 0 Å². The Morgan fingerprint density at radius 3 is 2.75 bits per heavy atom. The van der Waals surface area contributed by atoms with Crippen LogP contribution in [0.25, 0.3) is 0 Å². The molecule has 1 spiro atoms. The van der Waals surface area contributed by atoms with E-state index in [0.29, 0.717) is 24.7 Å². The van der Waals surface area contributed by atoms with Gasteiger partial charge in [0.1, 0.15) is 0 Å². The lowest BCUT2D eigenvalue weighted by Crippen LogP contribution is -2.51. The maximum Gasteiger partial charge on any atom is 0.162 e. The van der Waals surface area contributed by atoms with Crippen molar-refractivity contribution in [3.05, 3.63) is 22.7 Å². The molecule has 2 heterocycles. The minimum absolute atomic E-state index is 0.0465. The van der Waals surface area contributed by atoms with Gasteiger partial charge in [0.05, 0.1) is 6.54 Å². The SMILES string of the molecule is CC1CCC12C1=C(N=NC1)NC1=C2C(=O)CC(C)(C)C1. The second-order valence-electron chi connectivity index (χ2n) is 7.56. The number of Topliss-reactive ketones (excluding diaryl/α,β-unsaturated/α-hetero) is 1. The number of dihydropyridines is 1. The van der Waals surface area contributed by atoms with Crippen molar-refractivity contribution in [2.45, 2.75) is 46.5 Å². The number of hydrogen-bond donors (Lipinski definition) is 1. The minimum atomic E-state index is -0.0486. The van der Waals surface area contributed by atoms with Crippen molar-refractivity contribution in [1.82, 2.24) is 5.32 Å². The molecule has 2 unspecified atom stereocenters. The maximum atomic E-state index is 12.8. The third-order valence-electron chi connectivity index (χ3n) is 5.63. The van der Waals surface area contributed by atoms with Gasteiger partial charge in [-0.25, -0.2) is 0 Å². The number of fused-ring (bicyclic) bond motifs is 2. The third-order valence-corrected chi connectivity index (χ3v) is 5.63. The van der Waals surface area contributed by atoms with Gasteiger partial charge in [-0.1, -0.05) is 20.8 Å². The molecular formula is C16H21N3O. The summed E-state index contributed by atoms with van der Waals surface area (Å²) < 4.78 is 0. The molecule has 0 aromatic rings. The fourth-order valence-corrected chi connectivity index (χ4v) is 4.55. The molecule has 0 amide bonds. The molecule has 1 N–H and O–H groups in total. The Kier molecular flexibility index (Phi) is 2.21. The normalized spacial score (nSPS) is 37.8. The van der Waals surface area contributed by atoms with E-state index in [-0.39, 0.29) is 10.8 Å². The van der Waals surface area contributed by atoms with Crippen LogP contribution < -0.4 is 5.32 Å². The molecule has 20 heavy (non-hydrogen) atoms. The van der Waals surface area contributed by atoms with Gasteiger partial charge in [-0.15, -0.1) is 5.11 Å². The van der Waals surface area contributed by atoms with Crippen molar-refractivity contribution in [3.8, 4) is 0 Å². The number of azo groups is 1. The van der Waals surface area contributed by atoms with Crippen molar-refractivity contribution < 1.29 is 4.79 Å². The first-order valence-electron chi connectivity index (χ1n) is 7.59. The first-order chi connectivity index (χ1) is 9.44. The van der Waals surface area contributed by atoms with Gasteiger partial charge in [0.25, 0.3) is 0 Å². The van der Waals surface area contributed by atoms with Gasteiger partial charge < -0.3 is 5.32 Å². The molecule has 4 aliphatic rings. The fourth-order valence-electron chi connectivity index (χ4n) is 4.55. The molecule has 1 saturated carbocycles. The van der Waals surface area contributed by atoms with Gasteiger partial charge in [0, 0.05) is 28.7 Å². The van der Waals surface area contributed by atoms with Crippen LogP contribution in [-0.4, -0.2) is 12.3 Å². The van der Waals surface area contributed by atoms with Crippen LogP contribution in [0.5, 0.6) is 0 Å². The Bertz CT molecular complexity index is 611. The molecule has 1 fully saturated rings. The second kappa shape index (κ2) is 3.60. The molecule has 2 aliphatic carbocycles. The second-order valence-corrected chi connectivity index (χ2v) is 7.56. The largest absolute Gasteiger partial charge is 0.342 e. The minimum Gasteiger partial charge on any atom is -0.342 e. The van der Waals surface area contributed by atoms with E-state index in [0.717, 1.165) is 29.9 Å². The third kappa shape index (κ3) is 1.34. The van der Waals surface area contributed by atoms with Crippen molar-refractivity contribution in [3.63, 3.8) is 0 Å². The van der Waals surface area contributed by atoms with Gasteiger partial charge in [0.2, 0.25) is 0 Å². The number of carbonyl (C=O) groups excluding carboxylic acids is 1. The average molecular weight is 271 g/mol. The van der Waals surface area contributed by atoms with Crippen molar-refractivity contribution in [2.75, 3.05) is 6.54 Å². The van der Waals surface area contributed by atoms with Crippen LogP contribution in [0.2, 0.25) is 0 Å². The molecule has 4 nitrogen and oxygen atoms in total. The van der Waals surface area contributed by atoms with Crippen LogP contribution in [0.1, 0.15) is 46.5 Å². The lowest BCUT2D eigenvalue weighted by Gasteiger charge is -2.54. The van der Waals surface area contributed by atoms with Crippen LogP contribution in [0, 0.1) is 16.7 Å². The highest BCUT2D eigenvalue weighted by Crippen LogP contribution is 2.62. The average Bonchev–Trinajstić information content (AvgIpc) is 2.80. The highest BCUT2D eigenvalue weighted by Gasteiger charge is 2.57. The van der Waals surface area contributed by atoms with E-state index in [2.05, 4.69) is 36.3 Å². The van der Waals surface area contributed by atoms with Crippen LogP contribution in [0.15, 0.2) is 32.9 Å². The summed E-state index contributed by atoms with van der Waals surface area (Å²) in [6, 6.07) is 0. The molecule has 4 heteroatoms. The van der Waals surface area contributed by atoms with Crippen LogP contribution in [-0.2, 0) is 4.79 Å². The number of allylic oxidation sites excluding steroid dienone is 2. The Balaban J connectivity index is 1.88. The molecule has 2 aliphatic heterocycles. The summed E-state index contributed by atoms with van der Waals surface area (Å²) in [6.07, 6.45) is 3.89. The van der Waals surface area contributed by atoms with Crippen molar-refractivity contribution >= 4 is 5.78 Å². The van der Waals surface area contributed by atoms with E-state index in [1.165, 1.54) is 12.0 Å². The Morgan fingerprint density at radius 1 is 1.30 bits per heavy atom. The van der Waals surface area contributed by atoms with Gasteiger partial charge in [0.15, 0.2) is 11.6 Å². The lowest BCUT2D eigenvalue weighted by molar-refractivity contribution is -0.120. The summed E-state index contributed by atoms with van der Waals surface area (Å²) >= 11 is 0. The van der Waals surface area contributed by atoms with Gasteiger partial charge >= 0.3 is 0 Å². The summed E-state index contributed by atoms with van der Waals surface area (Å²) in [5, 5.41) is 11.9. The number of nitrogens with one attached hydrogen (secondary N) is 1. The highest BCUT2D eigenvalue weighted by atomic mass is 16.1. The number of nitrogens with zero attached hydrogens (tertiary/aromatic N) is 2.